The van der Waals surface area contributed by atoms with Crippen LogP contribution in [-0.4, -0.2) is 53.3 Å². The number of carbonyl (C=O) groups excluding carboxylic acids is 2. The molecule has 0 atom stereocenters. The summed E-state index contributed by atoms with van der Waals surface area (Å²) < 4.78 is 37.7. The minimum absolute atomic E-state index is 0.0316. The highest BCUT2D eigenvalue weighted by molar-refractivity contribution is 6.17. The molecule has 172 valence electrons. The van der Waals surface area contributed by atoms with E-state index in [0.29, 0.717) is 18.7 Å². The number of aromatic amines is 1. The van der Waals surface area contributed by atoms with Gasteiger partial charge in [0.2, 0.25) is 0 Å². The molecule has 0 aliphatic carbocycles. The molecule has 1 N–H and O–H groups in total. The highest BCUT2D eigenvalue weighted by Gasteiger charge is 2.38. The quantitative estimate of drug-likeness (QED) is 0.684. The van der Waals surface area contributed by atoms with Crippen LogP contribution in [0.25, 0.3) is 5.57 Å². The number of amides is 1. The molecule has 0 radical (unpaired) electrons. The van der Waals surface area contributed by atoms with Crippen molar-refractivity contribution in [3.63, 3.8) is 0 Å². The number of H-pyrrole nitrogens is 1. The van der Waals surface area contributed by atoms with E-state index >= 15 is 0 Å². The Labute approximate surface area is 185 Å². The third kappa shape index (κ3) is 4.72. The van der Waals surface area contributed by atoms with Crippen LogP contribution in [0.4, 0.5) is 8.78 Å². The van der Waals surface area contributed by atoms with E-state index in [0.717, 1.165) is 23.4 Å². The van der Waals surface area contributed by atoms with E-state index in [-0.39, 0.29) is 23.8 Å². The van der Waals surface area contributed by atoms with Gasteiger partial charge in [-0.25, -0.2) is 13.6 Å². The van der Waals surface area contributed by atoms with Crippen LogP contribution in [0.2, 0.25) is 0 Å². The maximum absolute atomic E-state index is 13.8. The Hall–Kier alpha value is -3.07. The number of hydrogen-bond donors (Lipinski definition) is 1. The predicted molar refractivity (Wildman–Crippen MR) is 114 cm³/mol. The van der Waals surface area contributed by atoms with Crippen molar-refractivity contribution in [1.29, 1.82) is 0 Å². The zero-order valence-corrected chi connectivity index (χ0v) is 18.8. The van der Waals surface area contributed by atoms with Gasteiger partial charge < -0.3 is 14.4 Å². The van der Waals surface area contributed by atoms with Gasteiger partial charge in [-0.3, -0.25) is 9.89 Å². The summed E-state index contributed by atoms with van der Waals surface area (Å²) in [5, 5.41) is 7.31. The maximum atomic E-state index is 13.8. The fourth-order valence-electron chi connectivity index (χ4n) is 3.81. The Morgan fingerprint density at radius 3 is 2.59 bits per heavy atom. The van der Waals surface area contributed by atoms with Crippen molar-refractivity contribution in [2.24, 2.45) is 0 Å². The minimum Gasteiger partial charge on any atom is -0.459 e. The third-order valence-corrected chi connectivity index (χ3v) is 5.17. The van der Waals surface area contributed by atoms with Gasteiger partial charge in [0, 0.05) is 42.8 Å². The van der Waals surface area contributed by atoms with Crippen LogP contribution in [0.5, 0.6) is 0 Å². The van der Waals surface area contributed by atoms with Gasteiger partial charge in [0.05, 0.1) is 24.1 Å². The SMILES string of the molecule is COCCc1n[nH]c2c1C(C)(C)CN(C(=O)c1ccc(F)c(F)c1)C=C2C(=O)OC(C)C. The van der Waals surface area contributed by atoms with Crippen molar-refractivity contribution in [2.75, 3.05) is 20.3 Å². The first-order chi connectivity index (χ1) is 15.0. The third-order valence-electron chi connectivity index (χ3n) is 5.17. The number of nitrogens with one attached hydrogen (secondary N) is 1. The number of esters is 1. The van der Waals surface area contributed by atoms with Crippen molar-refractivity contribution in [1.82, 2.24) is 15.1 Å². The average Bonchev–Trinajstić information content (AvgIpc) is 3.10. The van der Waals surface area contributed by atoms with Crippen LogP contribution in [0, 0.1) is 11.6 Å². The second kappa shape index (κ2) is 9.20. The van der Waals surface area contributed by atoms with E-state index in [1.807, 2.05) is 13.8 Å². The number of aromatic nitrogens is 2. The summed E-state index contributed by atoms with van der Waals surface area (Å²) >= 11 is 0. The summed E-state index contributed by atoms with van der Waals surface area (Å²) in [6, 6.07) is 2.96. The maximum Gasteiger partial charge on any atom is 0.342 e. The van der Waals surface area contributed by atoms with Crippen molar-refractivity contribution in [3.05, 3.63) is 58.5 Å². The average molecular weight is 447 g/mol. The van der Waals surface area contributed by atoms with E-state index < -0.39 is 28.9 Å². The predicted octanol–water partition coefficient (Wildman–Crippen LogP) is 3.60. The number of rotatable bonds is 6. The number of methoxy groups -OCH3 is 1. The van der Waals surface area contributed by atoms with Gasteiger partial charge in [-0.1, -0.05) is 13.8 Å². The number of nitrogens with zero attached hydrogens (tertiary/aromatic N) is 2. The topological polar surface area (TPSA) is 84.5 Å². The van der Waals surface area contributed by atoms with Gasteiger partial charge in [0.1, 0.15) is 5.57 Å². The van der Waals surface area contributed by atoms with Gasteiger partial charge in [0.25, 0.3) is 5.91 Å². The number of benzene rings is 1. The molecule has 1 aliphatic rings. The molecule has 0 fully saturated rings. The standard InChI is InChI=1S/C23H27F2N3O4/c1-13(2)32-22(30)15-11-28(21(29)14-6-7-16(24)17(25)10-14)12-23(3,4)19-18(8-9-31-5)26-27-20(15)19/h6-7,10-11,13H,8-9,12H2,1-5H3,(H,26,27). The fourth-order valence-corrected chi connectivity index (χ4v) is 3.81. The molecule has 32 heavy (non-hydrogen) atoms. The lowest BCUT2D eigenvalue weighted by molar-refractivity contribution is -0.140. The lowest BCUT2D eigenvalue weighted by Gasteiger charge is -2.30. The molecule has 0 saturated carbocycles. The second-order valence-electron chi connectivity index (χ2n) is 8.61. The summed E-state index contributed by atoms with van der Waals surface area (Å²) in [6.07, 6.45) is 1.52. The molecular weight excluding hydrogens is 420 g/mol. The zero-order valence-electron chi connectivity index (χ0n) is 18.8. The zero-order chi connectivity index (χ0) is 23.6. The highest BCUT2D eigenvalue weighted by Crippen LogP contribution is 2.37. The molecule has 0 spiro atoms. The van der Waals surface area contributed by atoms with Gasteiger partial charge in [-0.05, 0) is 32.0 Å². The van der Waals surface area contributed by atoms with Crippen LogP contribution in [0.1, 0.15) is 55.0 Å². The Balaban J connectivity index is 2.11. The first-order valence-electron chi connectivity index (χ1n) is 10.3. The fraction of sp³-hybridized carbons (Fsp3) is 0.435. The molecule has 3 rings (SSSR count). The second-order valence-corrected chi connectivity index (χ2v) is 8.61. The lowest BCUT2D eigenvalue weighted by Crippen LogP contribution is -2.37. The largest absolute Gasteiger partial charge is 0.459 e. The molecule has 1 amide bonds. The Morgan fingerprint density at radius 1 is 1.25 bits per heavy atom. The Morgan fingerprint density at radius 2 is 1.97 bits per heavy atom. The van der Waals surface area contributed by atoms with Crippen molar-refractivity contribution in [2.45, 2.75) is 45.6 Å². The van der Waals surface area contributed by atoms with Crippen molar-refractivity contribution >= 4 is 17.4 Å². The van der Waals surface area contributed by atoms with E-state index in [9.17, 15) is 18.4 Å². The van der Waals surface area contributed by atoms with Gasteiger partial charge in [-0.2, -0.15) is 5.10 Å². The van der Waals surface area contributed by atoms with Crippen LogP contribution in [-0.2, 0) is 26.1 Å². The van der Waals surface area contributed by atoms with E-state index in [1.165, 1.54) is 17.2 Å². The smallest absolute Gasteiger partial charge is 0.342 e. The summed E-state index contributed by atoms with van der Waals surface area (Å²) in [4.78, 5) is 27.5. The van der Waals surface area contributed by atoms with E-state index in [2.05, 4.69) is 10.2 Å². The Bertz CT molecular complexity index is 1060. The first kappa shape index (κ1) is 23.6. The summed E-state index contributed by atoms with van der Waals surface area (Å²) in [7, 11) is 1.59. The van der Waals surface area contributed by atoms with Gasteiger partial charge in [-0.15, -0.1) is 0 Å². The number of hydrogen-bond acceptors (Lipinski definition) is 5. The van der Waals surface area contributed by atoms with Crippen LogP contribution in [0.3, 0.4) is 0 Å². The molecule has 2 aromatic rings. The highest BCUT2D eigenvalue weighted by atomic mass is 19.2. The first-order valence-corrected chi connectivity index (χ1v) is 10.3. The normalized spacial score (nSPS) is 15.2. The molecule has 1 aromatic carbocycles. The molecule has 9 heteroatoms. The summed E-state index contributed by atoms with van der Waals surface area (Å²) in [6.45, 7) is 7.90. The van der Waals surface area contributed by atoms with Gasteiger partial charge >= 0.3 is 5.97 Å². The number of fused-ring (bicyclic) bond motifs is 1. The molecule has 1 aromatic heterocycles. The molecule has 1 aliphatic heterocycles. The van der Waals surface area contributed by atoms with Crippen molar-refractivity contribution in [3.8, 4) is 0 Å². The van der Waals surface area contributed by atoms with E-state index in [4.69, 9.17) is 9.47 Å². The summed E-state index contributed by atoms with van der Waals surface area (Å²) in [5.74, 6) is -3.35. The number of carbonyl (C=O) groups is 2. The monoisotopic (exact) mass is 447 g/mol. The minimum atomic E-state index is -1.12. The van der Waals surface area contributed by atoms with Crippen LogP contribution < -0.4 is 0 Å². The molecule has 7 nitrogen and oxygen atoms in total. The number of ether oxygens (including phenoxy) is 2. The van der Waals surface area contributed by atoms with Gasteiger partial charge in [0.15, 0.2) is 11.6 Å². The molecule has 2 heterocycles. The molecular formula is C23H27F2N3O4. The molecule has 0 unspecified atom stereocenters. The van der Waals surface area contributed by atoms with E-state index in [1.54, 1.807) is 21.0 Å². The molecule has 0 saturated heterocycles. The number of halogens is 2. The summed E-state index contributed by atoms with van der Waals surface area (Å²) in [5.41, 5.74) is 1.43. The molecule has 0 bridgehead atoms. The van der Waals surface area contributed by atoms with Crippen LogP contribution >= 0.6 is 0 Å². The van der Waals surface area contributed by atoms with Crippen molar-refractivity contribution < 1.29 is 27.8 Å². The Kier molecular flexibility index (Phi) is 6.78. The lowest BCUT2D eigenvalue weighted by atomic mass is 9.81. The van der Waals surface area contributed by atoms with Crippen LogP contribution in [0.15, 0.2) is 24.4 Å².